The zero-order chi connectivity index (χ0) is 15.3. The lowest BCUT2D eigenvalue weighted by molar-refractivity contribution is -0.171. The Hall–Kier alpha value is -1.97. The molecule has 0 radical (unpaired) electrons. The van der Waals surface area contributed by atoms with Crippen molar-refractivity contribution in [3.05, 3.63) is 24.3 Å². The number of rotatable bonds is 2. The van der Waals surface area contributed by atoms with Crippen molar-refractivity contribution in [3.63, 3.8) is 0 Å². The molecule has 0 aliphatic carbocycles. The molecule has 1 aromatic carbocycles. The van der Waals surface area contributed by atoms with Gasteiger partial charge in [0.25, 0.3) is 21.9 Å². The minimum Gasteiger partial charge on any atom is -0.495 e. The summed E-state index contributed by atoms with van der Waals surface area (Å²) < 4.78 is 34.8. The van der Waals surface area contributed by atoms with Gasteiger partial charge >= 0.3 is 0 Å². The first-order chi connectivity index (χ1) is 9.27. The van der Waals surface area contributed by atoms with Gasteiger partial charge in [0.2, 0.25) is 0 Å². The molecule has 0 bridgehead atoms. The molecule has 2 N–H and O–H groups in total. The van der Waals surface area contributed by atoms with Crippen LogP contribution in [0, 0.1) is 0 Å². The summed E-state index contributed by atoms with van der Waals surface area (Å²) >= 11 is 0. The van der Waals surface area contributed by atoms with E-state index in [0.717, 1.165) is 0 Å². The Morgan fingerprint density at radius 1 is 1.15 bits per heavy atom. The fourth-order valence-corrected chi connectivity index (χ4v) is 2.05. The molecule has 1 heterocycles. The first-order valence-electron chi connectivity index (χ1n) is 5.42. The normalized spacial score (nSPS) is 14.8. The molecule has 110 valence electrons. The van der Waals surface area contributed by atoms with Gasteiger partial charge in [0.05, 0.1) is 7.11 Å². The van der Waals surface area contributed by atoms with Crippen LogP contribution < -0.4 is 4.74 Å². The number of carbonyl (C=O) groups excluding carboxylic acids is 2. The maximum atomic E-state index is 10.7. The number of ether oxygens (including phenoxy) is 1. The van der Waals surface area contributed by atoms with Crippen LogP contribution in [-0.2, 0) is 19.7 Å². The Morgan fingerprint density at radius 2 is 1.65 bits per heavy atom. The van der Waals surface area contributed by atoms with Gasteiger partial charge in [0.15, 0.2) is 0 Å². The standard InChI is InChI=1S/C7H8O4S.C4H5NO3/c1-11-6-4-2-3-5-7(6)12(8,9)10;6-3-1-2-4(7)5(3)8/h2-5H,1H3,(H,8,9,10);8H,1-2H2. The molecular weight excluding hydrogens is 290 g/mol. The first-order valence-corrected chi connectivity index (χ1v) is 6.86. The Balaban J connectivity index is 0.000000217. The summed E-state index contributed by atoms with van der Waals surface area (Å²) in [5.74, 6) is -0.870. The third kappa shape index (κ3) is 4.02. The second-order valence-corrected chi connectivity index (χ2v) is 5.12. The van der Waals surface area contributed by atoms with Gasteiger partial charge in [-0.3, -0.25) is 19.3 Å². The molecule has 8 nitrogen and oxygen atoms in total. The molecule has 1 fully saturated rings. The Morgan fingerprint density at radius 3 is 1.95 bits per heavy atom. The summed E-state index contributed by atoms with van der Waals surface area (Å²) in [6, 6.07) is 5.86. The number of hydrogen-bond donors (Lipinski definition) is 2. The third-order valence-corrected chi connectivity index (χ3v) is 3.27. The lowest BCUT2D eigenvalue weighted by Gasteiger charge is -2.03. The van der Waals surface area contributed by atoms with Crippen molar-refractivity contribution in [3.8, 4) is 5.75 Å². The van der Waals surface area contributed by atoms with E-state index in [2.05, 4.69) is 0 Å². The molecule has 0 atom stereocenters. The topological polar surface area (TPSA) is 121 Å². The van der Waals surface area contributed by atoms with Gasteiger partial charge in [-0.05, 0) is 12.1 Å². The number of methoxy groups -OCH3 is 1. The van der Waals surface area contributed by atoms with Crippen LogP contribution in [0.25, 0.3) is 0 Å². The quantitative estimate of drug-likeness (QED) is 0.462. The molecular formula is C11H13NO7S. The molecule has 0 unspecified atom stereocenters. The molecule has 0 spiro atoms. The number of imide groups is 1. The summed E-state index contributed by atoms with van der Waals surface area (Å²) in [5.41, 5.74) is 0. The second-order valence-electron chi connectivity index (χ2n) is 3.73. The maximum Gasteiger partial charge on any atom is 0.298 e. The van der Waals surface area contributed by atoms with E-state index in [1.165, 1.54) is 25.3 Å². The van der Waals surface area contributed by atoms with E-state index in [9.17, 15) is 18.0 Å². The largest absolute Gasteiger partial charge is 0.495 e. The van der Waals surface area contributed by atoms with Crippen LogP contribution in [-0.4, -0.2) is 42.2 Å². The van der Waals surface area contributed by atoms with Crippen LogP contribution >= 0.6 is 0 Å². The SMILES string of the molecule is COc1ccccc1S(=O)(=O)O.O=C1CCC(=O)N1O. The predicted molar refractivity (Wildman–Crippen MR) is 65.7 cm³/mol. The average Bonchev–Trinajstić information content (AvgIpc) is 2.70. The highest BCUT2D eigenvalue weighted by molar-refractivity contribution is 7.86. The summed E-state index contributed by atoms with van der Waals surface area (Å²) in [5, 5.41) is 8.57. The number of para-hydroxylation sites is 1. The maximum absolute atomic E-state index is 10.7. The van der Waals surface area contributed by atoms with Crippen molar-refractivity contribution in [2.75, 3.05) is 7.11 Å². The second kappa shape index (κ2) is 6.46. The van der Waals surface area contributed by atoms with Gasteiger partial charge in [-0.2, -0.15) is 13.5 Å². The van der Waals surface area contributed by atoms with Gasteiger partial charge in [0, 0.05) is 12.8 Å². The van der Waals surface area contributed by atoms with E-state index < -0.39 is 21.9 Å². The predicted octanol–water partition coefficient (Wildman–Crippen LogP) is 0.467. The lowest BCUT2D eigenvalue weighted by Crippen LogP contribution is -2.24. The van der Waals surface area contributed by atoms with Gasteiger partial charge in [0.1, 0.15) is 10.6 Å². The number of carbonyl (C=O) groups is 2. The van der Waals surface area contributed by atoms with Crippen LogP contribution in [0.4, 0.5) is 0 Å². The fourth-order valence-electron chi connectivity index (χ4n) is 1.40. The van der Waals surface area contributed by atoms with Crippen molar-refractivity contribution < 1.29 is 32.5 Å². The van der Waals surface area contributed by atoms with Gasteiger partial charge in [-0.1, -0.05) is 12.1 Å². The molecule has 1 aromatic rings. The molecule has 0 aromatic heterocycles. The number of benzene rings is 1. The Kier molecular flexibility index (Phi) is 5.19. The van der Waals surface area contributed by atoms with Crippen molar-refractivity contribution >= 4 is 21.9 Å². The molecule has 20 heavy (non-hydrogen) atoms. The van der Waals surface area contributed by atoms with E-state index in [1.54, 1.807) is 6.07 Å². The zero-order valence-electron chi connectivity index (χ0n) is 10.5. The minimum atomic E-state index is -4.17. The van der Waals surface area contributed by atoms with Crippen molar-refractivity contribution in [2.45, 2.75) is 17.7 Å². The third-order valence-electron chi connectivity index (χ3n) is 2.37. The van der Waals surface area contributed by atoms with Gasteiger partial charge < -0.3 is 4.74 Å². The summed E-state index contributed by atoms with van der Waals surface area (Å²) in [6.45, 7) is 0. The zero-order valence-corrected chi connectivity index (χ0v) is 11.3. The molecule has 9 heteroatoms. The van der Waals surface area contributed by atoms with Crippen LogP contribution in [0.1, 0.15) is 12.8 Å². The van der Waals surface area contributed by atoms with E-state index in [-0.39, 0.29) is 28.5 Å². The molecule has 2 amide bonds. The molecule has 1 aliphatic heterocycles. The van der Waals surface area contributed by atoms with Crippen molar-refractivity contribution in [1.82, 2.24) is 5.06 Å². The van der Waals surface area contributed by atoms with Crippen LogP contribution in [0.15, 0.2) is 29.2 Å². The van der Waals surface area contributed by atoms with E-state index in [4.69, 9.17) is 14.5 Å². The Labute approximate surface area is 115 Å². The van der Waals surface area contributed by atoms with Gasteiger partial charge in [-0.25, -0.2) is 0 Å². The molecule has 1 saturated heterocycles. The molecule has 2 rings (SSSR count). The minimum absolute atomic E-state index is 0.139. The highest BCUT2D eigenvalue weighted by atomic mass is 32.2. The number of hydrogen-bond acceptors (Lipinski definition) is 6. The highest BCUT2D eigenvalue weighted by Gasteiger charge is 2.26. The van der Waals surface area contributed by atoms with Crippen LogP contribution in [0.2, 0.25) is 0 Å². The number of nitrogens with zero attached hydrogens (tertiary/aromatic N) is 1. The molecule has 0 saturated carbocycles. The van der Waals surface area contributed by atoms with Crippen molar-refractivity contribution in [1.29, 1.82) is 0 Å². The Bertz CT molecular complexity index is 595. The summed E-state index contributed by atoms with van der Waals surface area (Å²) in [4.78, 5) is 20.3. The van der Waals surface area contributed by atoms with E-state index in [0.29, 0.717) is 0 Å². The number of amides is 2. The fraction of sp³-hybridized carbons (Fsp3) is 0.273. The van der Waals surface area contributed by atoms with Gasteiger partial charge in [-0.15, -0.1) is 0 Å². The molecule has 1 aliphatic rings. The average molecular weight is 303 g/mol. The lowest BCUT2D eigenvalue weighted by atomic mass is 10.3. The van der Waals surface area contributed by atoms with E-state index >= 15 is 0 Å². The van der Waals surface area contributed by atoms with Crippen LogP contribution in [0.3, 0.4) is 0 Å². The van der Waals surface area contributed by atoms with Crippen LogP contribution in [0.5, 0.6) is 5.75 Å². The summed E-state index contributed by atoms with van der Waals surface area (Å²) in [7, 11) is -2.83. The number of hydroxylamine groups is 2. The monoisotopic (exact) mass is 303 g/mol. The first kappa shape index (κ1) is 16.1. The van der Waals surface area contributed by atoms with E-state index in [1.807, 2.05) is 0 Å². The highest BCUT2D eigenvalue weighted by Crippen LogP contribution is 2.21. The summed E-state index contributed by atoms with van der Waals surface area (Å²) in [6.07, 6.45) is 0.296. The van der Waals surface area contributed by atoms with Crippen molar-refractivity contribution in [2.24, 2.45) is 0 Å². The smallest absolute Gasteiger partial charge is 0.298 e.